The zero-order chi connectivity index (χ0) is 23.7. The van der Waals surface area contributed by atoms with Crippen molar-refractivity contribution >= 4 is 37.2 Å². The number of fused-ring (bicyclic) bond motifs is 1. The lowest BCUT2D eigenvalue weighted by atomic mass is 10.0. The molecule has 0 unspecified atom stereocenters. The number of nitrogens with two attached hydrogens (primary N) is 1. The molecular formula is C18H23N7O5S2. The second-order valence-electron chi connectivity index (χ2n) is 7.22. The average Bonchev–Trinajstić information content (AvgIpc) is 2.71. The number of aliphatic hydroxyl groups is 1. The van der Waals surface area contributed by atoms with Crippen LogP contribution in [0, 0.1) is 10.9 Å². The summed E-state index contributed by atoms with van der Waals surface area (Å²) < 4.78 is 49.6. The summed E-state index contributed by atoms with van der Waals surface area (Å²) in [6.45, 7) is 0.304. The molecule has 0 saturated heterocycles. The molecule has 14 heteroatoms. The molecular weight excluding hydrogens is 458 g/mol. The number of sulfone groups is 1. The largest absolute Gasteiger partial charge is 0.396 e. The zero-order valence-electron chi connectivity index (χ0n) is 17.2. The number of hydrogen-bond donors (Lipinski definition) is 5. The molecule has 0 amide bonds. The van der Waals surface area contributed by atoms with E-state index in [4.69, 9.17) is 16.1 Å². The van der Waals surface area contributed by atoms with Crippen molar-refractivity contribution in [2.24, 2.45) is 10.4 Å². The van der Waals surface area contributed by atoms with Gasteiger partial charge in [0, 0.05) is 31.5 Å². The second-order valence-corrected chi connectivity index (χ2v) is 10.7. The fraction of sp³-hybridized carbons (Fsp3) is 0.333. The normalized spacial score (nSPS) is 14.0. The van der Waals surface area contributed by atoms with Crippen LogP contribution in [0.3, 0.4) is 0 Å². The van der Waals surface area contributed by atoms with Crippen molar-refractivity contribution in [3.05, 3.63) is 41.1 Å². The first-order chi connectivity index (χ1) is 15.0. The average molecular weight is 482 g/mol. The van der Waals surface area contributed by atoms with Crippen LogP contribution in [0.5, 0.6) is 0 Å². The molecule has 0 saturated carbocycles. The van der Waals surface area contributed by atoms with Gasteiger partial charge in [0.2, 0.25) is 10.0 Å². The van der Waals surface area contributed by atoms with E-state index in [1.807, 2.05) is 6.07 Å². The quantitative estimate of drug-likeness (QED) is 0.164. The highest BCUT2D eigenvalue weighted by atomic mass is 32.2. The minimum Gasteiger partial charge on any atom is -0.396 e. The van der Waals surface area contributed by atoms with Crippen LogP contribution in [-0.4, -0.2) is 52.2 Å². The molecule has 3 rings (SSSR count). The van der Waals surface area contributed by atoms with Crippen LogP contribution in [-0.2, 0) is 32.7 Å². The lowest BCUT2D eigenvalue weighted by Gasteiger charge is -2.32. The maximum absolute atomic E-state index is 12.5. The van der Waals surface area contributed by atoms with Crippen molar-refractivity contribution in [3.8, 4) is 0 Å². The van der Waals surface area contributed by atoms with Crippen molar-refractivity contribution in [2.45, 2.75) is 29.1 Å². The van der Waals surface area contributed by atoms with Gasteiger partial charge in [0.1, 0.15) is 10.7 Å². The molecule has 0 atom stereocenters. The van der Waals surface area contributed by atoms with Gasteiger partial charge in [-0.15, -0.1) is 0 Å². The van der Waals surface area contributed by atoms with Crippen molar-refractivity contribution in [3.63, 3.8) is 0 Å². The minimum atomic E-state index is -4.61. The number of nitrogens with zero attached hydrogens (tertiary/aromatic N) is 3. The fourth-order valence-corrected chi connectivity index (χ4v) is 6.07. The number of pyridine rings is 1. The van der Waals surface area contributed by atoms with Gasteiger partial charge in [-0.3, -0.25) is 5.41 Å². The van der Waals surface area contributed by atoms with Gasteiger partial charge in [-0.25, -0.2) is 32.4 Å². The molecule has 0 spiro atoms. The molecule has 0 fully saturated rings. The molecule has 1 aromatic heterocycles. The Bertz CT molecular complexity index is 1290. The Labute approximate surface area is 185 Å². The van der Waals surface area contributed by atoms with Gasteiger partial charge in [-0.1, -0.05) is 11.3 Å². The smallest absolute Gasteiger partial charge is 0.240 e. The van der Waals surface area contributed by atoms with E-state index in [-0.39, 0.29) is 17.9 Å². The summed E-state index contributed by atoms with van der Waals surface area (Å²) in [6, 6.07) is 6.18. The molecule has 172 valence electrons. The summed E-state index contributed by atoms with van der Waals surface area (Å²) >= 11 is 0. The first-order valence-electron chi connectivity index (χ1n) is 9.47. The predicted octanol–water partition coefficient (Wildman–Crippen LogP) is 0.613. The van der Waals surface area contributed by atoms with Crippen molar-refractivity contribution in [2.75, 3.05) is 24.3 Å². The predicted molar refractivity (Wildman–Crippen MR) is 116 cm³/mol. The van der Waals surface area contributed by atoms with E-state index in [9.17, 15) is 21.9 Å². The number of anilines is 2. The molecule has 32 heavy (non-hydrogen) atoms. The molecule has 1 aliphatic heterocycles. The summed E-state index contributed by atoms with van der Waals surface area (Å²) in [5.74, 6) is -0.102. The molecule has 2 heterocycles. The molecule has 1 aromatic carbocycles. The summed E-state index contributed by atoms with van der Waals surface area (Å²) in [6.07, 6.45) is 2.56. The van der Waals surface area contributed by atoms with Crippen LogP contribution in [0.2, 0.25) is 0 Å². The van der Waals surface area contributed by atoms with E-state index in [1.54, 1.807) is 11.0 Å². The maximum Gasteiger partial charge on any atom is 0.240 e. The van der Waals surface area contributed by atoms with Crippen LogP contribution in [0.4, 0.5) is 11.5 Å². The number of nitrogens with one attached hydrogen (secondary N) is 3. The summed E-state index contributed by atoms with van der Waals surface area (Å²) in [7, 11) is -8.64. The third kappa shape index (κ3) is 4.62. The molecule has 1 aliphatic rings. The number of primary sulfonamides is 1. The van der Waals surface area contributed by atoms with Crippen molar-refractivity contribution < 1.29 is 21.9 Å². The Morgan fingerprint density at radius 1 is 1.28 bits per heavy atom. The van der Waals surface area contributed by atoms with Gasteiger partial charge in [0.05, 0.1) is 16.1 Å². The SMILES string of the molecule is CS(=O)(=O)c1ccc(N2CCCc3ccc(CCO)nc32)c(C(=N)NN=N)c1S(N)(=O)=O. The maximum atomic E-state index is 12.5. The summed E-state index contributed by atoms with van der Waals surface area (Å²) in [5, 5.41) is 25.9. The second kappa shape index (κ2) is 8.90. The van der Waals surface area contributed by atoms with Gasteiger partial charge in [0.25, 0.3) is 0 Å². The molecule has 2 aromatic rings. The fourth-order valence-electron chi connectivity index (χ4n) is 3.67. The number of amidine groups is 1. The van der Waals surface area contributed by atoms with Crippen LogP contribution in [0.1, 0.15) is 23.2 Å². The first-order valence-corrected chi connectivity index (χ1v) is 12.9. The zero-order valence-corrected chi connectivity index (χ0v) is 18.8. The van der Waals surface area contributed by atoms with Gasteiger partial charge >= 0.3 is 0 Å². The third-order valence-electron chi connectivity index (χ3n) is 4.96. The Balaban J connectivity index is 2.37. The Hall–Kier alpha value is -2.94. The molecule has 0 radical (unpaired) electrons. The number of sulfonamides is 1. The highest BCUT2D eigenvalue weighted by Gasteiger charge is 2.32. The monoisotopic (exact) mass is 481 g/mol. The van der Waals surface area contributed by atoms with E-state index in [2.05, 4.69) is 15.6 Å². The Kier molecular flexibility index (Phi) is 6.59. The first kappa shape index (κ1) is 23.7. The Morgan fingerprint density at radius 3 is 2.59 bits per heavy atom. The van der Waals surface area contributed by atoms with E-state index < -0.39 is 35.5 Å². The van der Waals surface area contributed by atoms with Gasteiger partial charge in [-0.05, 0) is 36.6 Å². The third-order valence-corrected chi connectivity index (χ3v) is 7.22. The number of hydrogen-bond acceptors (Lipinski definition) is 10. The summed E-state index contributed by atoms with van der Waals surface area (Å²) in [5.41, 5.74) is 10.4. The highest BCUT2D eigenvalue weighted by Crippen LogP contribution is 2.38. The van der Waals surface area contributed by atoms with Crippen molar-refractivity contribution in [1.29, 1.82) is 10.9 Å². The number of aryl methyl sites for hydroxylation is 1. The molecule has 12 nitrogen and oxygen atoms in total. The van der Waals surface area contributed by atoms with E-state index in [0.717, 1.165) is 24.3 Å². The number of benzene rings is 1. The van der Waals surface area contributed by atoms with Gasteiger partial charge in [0.15, 0.2) is 15.7 Å². The topological polar surface area (TPSA) is 203 Å². The van der Waals surface area contributed by atoms with Gasteiger partial charge < -0.3 is 10.0 Å². The molecule has 6 N–H and O–H groups in total. The number of rotatable bonds is 7. The van der Waals surface area contributed by atoms with Crippen LogP contribution >= 0.6 is 0 Å². The number of aromatic nitrogens is 1. The highest BCUT2D eigenvalue weighted by molar-refractivity contribution is 7.93. The lowest BCUT2D eigenvalue weighted by molar-refractivity contribution is 0.298. The number of aliphatic hydroxyl groups excluding tert-OH is 1. The van der Waals surface area contributed by atoms with E-state index >= 15 is 0 Å². The van der Waals surface area contributed by atoms with Crippen LogP contribution < -0.4 is 15.5 Å². The Morgan fingerprint density at radius 2 is 2.00 bits per heavy atom. The lowest BCUT2D eigenvalue weighted by Crippen LogP contribution is -2.32. The van der Waals surface area contributed by atoms with Gasteiger partial charge in [-0.2, -0.15) is 5.53 Å². The molecule has 0 bridgehead atoms. The standard InChI is InChI=1S/C18H23N7O5S2/c1-31(27,28)14-7-6-13(15(17(19)23-24-20)16(14)32(21,29)30)25-9-2-3-11-4-5-12(8-10-26)22-18(11)25/h4-7,26H,2-3,8-10H2,1H3,(H3,19,20,23)(H2,21,29,30). The van der Waals surface area contributed by atoms with E-state index in [0.29, 0.717) is 30.9 Å². The van der Waals surface area contributed by atoms with Crippen molar-refractivity contribution in [1.82, 2.24) is 10.4 Å². The van der Waals surface area contributed by atoms with Crippen LogP contribution in [0.15, 0.2) is 39.3 Å². The summed E-state index contributed by atoms with van der Waals surface area (Å²) in [4.78, 5) is 4.95. The minimum absolute atomic E-state index is 0.102. The van der Waals surface area contributed by atoms with Crippen LogP contribution in [0.25, 0.3) is 0 Å². The molecule has 0 aliphatic carbocycles. The van der Waals surface area contributed by atoms with E-state index in [1.165, 1.54) is 6.07 Å².